The molecule has 3 heterocycles. The molecule has 0 N–H and O–H groups in total. The van der Waals surface area contributed by atoms with Crippen molar-refractivity contribution in [3.8, 4) is 11.4 Å². The molecule has 0 bridgehead atoms. The van der Waals surface area contributed by atoms with Crippen LogP contribution >= 0.6 is 0 Å². The lowest BCUT2D eigenvalue weighted by Gasteiger charge is -2.26. The van der Waals surface area contributed by atoms with Crippen LogP contribution in [0.1, 0.15) is 0 Å². The molecule has 0 atom stereocenters. The Balaban J connectivity index is 1.97. The van der Waals surface area contributed by atoms with Crippen molar-refractivity contribution < 1.29 is 4.74 Å². The number of hydrogen-bond donors (Lipinski definition) is 0. The predicted molar refractivity (Wildman–Crippen MR) is 81.6 cm³/mol. The Labute approximate surface area is 124 Å². The van der Waals surface area contributed by atoms with Crippen LogP contribution in [0.4, 0.5) is 11.8 Å². The first kappa shape index (κ1) is 13.8. The van der Waals surface area contributed by atoms with E-state index in [1.54, 1.807) is 6.20 Å². The highest BCUT2D eigenvalue weighted by Crippen LogP contribution is 2.26. The molecule has 3 rings (SSSR count). The van der Waals surface area contributed by atoms with Crippen molar-refractivity contribution in [3.63, 3.8) is 0 Å². The van der Waals surface area contributed by atoms with Crippen LogP contribution in [0, 0.1) is 0 Å². The molecule has 0 aromatic carbocycles. The molecule has 0 spiro atoms. The van der Waals surface area contributed by atoms with Gasteiger partial charge >= 0.3 is 0 Å². The summed E-state index contributed by atoms with van der Waals surface area (Å²) in [6.45, 7) is 3.16. The summed E-state index contributed by atoms with van der Waals surface area (Å²) in [5.74, 6) is 2.45. The molecule has 0 radical (unpaired) electrons. The first-order chi connectivity index (χ1) is 10.2. The van der Waals surface area contributed by atoms with Crippen molar-refractivity contribution >= 4 is 11.8 Å². The highest BCUT2D eigenvalue weighted by atomic mass is 16.5. The second-order valence-corrected chi connectivity index (χ2v) is 5.23. The lowest BCUT2D eigenvalue weighted by Crippen LogP contribution is -2.37. The average Bonchev–Trinajstić information content (AvgIpc) is 2.90. The zero-order valence-corrected chi connectivity index (χ0v) is 12.7. The molecule has 0 amide bonds. The molecule has 2 aromatic rings. The molecule has 7 heteroatoms. The minimum Gasteiger partial charge on any atom is -0.378 e. The number of pyridine rings is 1. The van der Waals surface area contributed by atoms with Crippen molar-refractivity contribution in [2.24, 2.45) is 7.05 Å². The van der Waals surface area contributed by atoms with E-state index >= 15 is 0 Å². The fraction of sp³-hybridized carbons (Fsp3) is 0.500. The van der Waals surface area contributed by atoms with Crippen molar-refractivity contribution in [3.05, 3.63) is 18.3 Å². The molecule has 112 valence electrons. The van der Waals surface area contributed by atoms with Gasteiger partial charge in [-0.1, -0.05) is 0 Å². The first-order valence-corrected chi connectivity index (χ1v) is 7.03. The van der Waals surface area contributed by atoms with Gasteiger partial charge in [0.25, 0.3) is 0 Å². The maximum absolute atomic E-state index is 5.39. The molecule has 1 aliphatic rings. The van der Waals surface area contributed by atoms with Crippen LogP contribution in [-0.2, 0) is 11.8 Å². The van der Waals surface area contributed by atoms with Gasteiger partial charge in [0, 0.05) is 40.4 Å². The maximum Gasteiger partial charge on any atom is 0.224 e. The van der Waals surface area contributed by atoms with Gasteiger partial charge < -0.3 is 14.5 Å². The van der Waals surface area contributed by atoms with Crippen LogP contribution in [0.25, 0.3) is 11.4 Å². The summed E-state index contributed by atoms with van der Waals surface area (Å²) in [7, 11) is 5.86. The van der Waals surface area contributed by atoms with E-state index in [0.29, 0.717) is 5.82 Å². The van der Waals surface area contributed by atoms with E-state index < -0.39 is 0 Å². The summed E-state index contributed by atoms with van der Waals surface area (Å²) in [4.78, 5) is 13.3. The molecule has 2 aromatic heterocycles. The van der Waals surface area contributed by atoms with E-state index in [1.807, 2.05) is 42.9 Å². The van der Waals surface area contributed by atoms with E-state index in [0.717, 1.165) is 43.6 Å². The van der Waals surface area contributed by atoms with Gasteiger partial charge in [-0.25, -0.2) is 9.67 Å². The van der Waals surface area contributed by atoms with Gasteiger partial charge in [-0.15, -0.1) is 5.10 Å². The third-order valence-electron chi connectivity index (χ3n) is 3.49. The molecule has 1 saturated heterocycles. The van der Waals surface area contributed by atoms with E-state index in [9.17, 15) is 0 Å². The Morgan fingerprint density at radius 3 is 2.71 bits per heavy atom. The third-order valence-corrected chi connectivity index (χ3v) is 3.49. The number of ether oxygens (including phenoxy) is 1. The van der Waals surface area contributed by atoms with Crippen LogP contribution in [0.2, 0.25) is 0 Å². The number of nitrogens with zero attached hydrogens (tertiary/aromatic N) is 6. The number of hydrogen-bond acceptors (Lipinski definition) is 6. The molecule has 7 nitrogen and oxygen atoms in total. The van der Waals surface area contributed by atoms with Crippen molar-refractivity contribution in [1.29, 1.82) is 0 Å². The van der Waals surface area contributed by atoms with E-state index in [1.165, 1.54) is 0 Å². The fourth-order valence-electron chi connectivity index (χ4n) is 2.46. The topological polar surface area (TPSA) is 59.3 Å². The summed E-state index contributed by atoms with van der Waals surface area (Å²) in [6, 6.07) is 3.91. The van der Waals surface area contributed by atoms with Crippen LogP contribution in [0.3, 0.4) is 0 Å². The zero-order valence-electron chi connectivity index (χ0n) is 12.7. The van der Waals surface area contributed by atoms with Crippen LogP contribution in [-0.4, -0.2) is 60.1 Å². The Kier molecular flexibility index (Phi) is 3.74. The van der Waals surface area contributed by atoms with Gasteiger partial charge in [0.2, 0.25) is 5.95 Å². The van der Waals surface area contributed by atoms with Crippen molar-refractivity contribution in [2.75, 3.05) is 50.2 Å². The van der Waals surface area contributed by atoms with Gasteiger partial charge in [0.15, 0.2) is 5.82 Å². The molecule has 0 saturated carbocycles. The maximum atomic E-state index is 5.39. The Morgan fingerprint density at radius 1 is 1.24 bits per heavy atom. The fourth-order valence-corrected chi connectivity index (χ4v) is 2.46. The molecule has 21 heavy (non-hydrogen) atoms. The highest BCUT2D eigenvalue weighted by molar-refractivity contribution is 5.71. The molecular weight excluding hydrogens is 268 g/mol. The van der Waals surface area contributed by atoms with Crippen LogP contribution in [0.5, 0.6) is 0 Å². The largest absolute Gasteiger partial charge is 0.378 e. The minimum absolute atomic E-state index is 0.704. The summed E-state index contributed by atoms with van der Waals surface area (Å²) in [6.07, 6.45) is 1.78. The first-order valence-electron chi connectivity index (χ1n) is 7.03. The van der Waals surface area contributed by atoms with Crippen LogP contribution in [0.15, 0.2) is 18.3 Å². The number of rotatable bonds is 3. The molecule has 1 aliphatic heterocycles. The Morgan fingerprint density at radius 2 is 2.00 bits per heavy atom. The summed E-state index contributed by atoms with van der Waals surface area (Å²) in [5, 5.41) is 4.56. The van der Waals surface area contributed by atoms with E-state index in [2.05, 4.69) is 15.0 Å². The number of aryl methyl sites for hydroxylation is 1. The van der Waals surface area contributed by atoms with Gasteiger partial charge in [0.1, 0.15) is 5.82 Å². The monoisotopic (exact) mass is 288 g/mol. The van der Waals surface area contributed by atoms with Crippen molar-refractivity contribution in [1.82, 2.24) is 19.7 Å². The van der Waals surface area contributed by atoms with Crippen molar-refractivity contribution in [2.45, 2.75) is 0 Å². The predicted octanol–water partition coefficient (Wildman–Crippen LogP) is 0.780. The standard InChI is InChI=1S/C14H20N6O/c1-18(2)13-11(5-4-6-15-13)12-16-14(19(3)17-12)20-7-9-21-10-8-20/h4-6H,7-10H2,1-3H3. The molecule has 0 unspecified atom stereocenters. The quantitative estimate of drug-likeness (QED) is 0.832. The number of aromatic nitrogens is 4. The van der Waals surface area contributed by atoms with E-state index in [4.69, 9.17) is 9.72 Å². The lowest BCUT2D eigenvalue weighted by atomic mass is 10.2. The highest BCUT2D eigenvalue weighted by Gasteiger charge is 2.20. The Bertz CT molecular complexity index is 618. The molecule has 1 fully saturated rings. The number of morpholine rings is 1. The summed E-state index contributed by atoms with van der Waals surface area (Å²) >= 11 is 0. The lowest BCUT2D eigenvalue weighted by molar-refractivity contribution is 0.121. The number of anilines is 2. The minimum atomic E-state index is 0.704. The SMILES string of the molecule is CN(C)c1ncccc1-c1nc(N2CCOCC2)n(C)n1. The summed E-state index contributed by atoms with van der Waals surface area (Å²) in [5.41, 5.74) is 0.942. The van der Waals surface area contributed by atoms with Gasteiger partial charge in [-0.2, -0.15) is 4.98 Å². The second kappa shape index (κ2) is 5.69. The zero-order chi connectivity index (χ0) is 14.8. The van der Waals surface area contributed by atoms with Gasteiger partial charge in [-0.3, -0.25) is 0 Å². The normalized spacial score (nSPS) is 15.3. The molecule has 0 aliphatic carbocycles. The summed E-state index contributed by atoms with van der Waals surface area (Å²) < 4.78 is 7.21. The van der Waals surface area contributed by atoms with Gasteiger partial charge in [-0.05, 0) is 12.1 Å². The molecular formula is C14H20N6O. The van der Waals surface area contributed by atoms with Gasteiger partial charge in [0.05, 0.1) is 18.8 Å². The van der Waals surface area contributed by atoms with E-state index in [-0.39, 0.29) is 0 Å². The smallest absolute Gasteiger partial charge is 0.224 e. The third kappa shape index (κ3) is 2.69. The average molecular weight is 288 g/mol. The second-order valence-electron chi connectivity index (χ2n) is 5.23. The van der Waals surface area contributed by atoms with Crippen LogP contribution < -0.4 is 9.80 Å². The Hall–Kier alpha value is -2.15.